The van der Waals surface area contributed by atoms with Gasteiger partial charge in [0.1, 0.15) is 0 Å². The molecule has 0 bridgehead atoms. The van der Waals surface area contributed by atoms with E-state index in [2.05, 4.69) is 10.6 Å². The Morgan fingerprint density at radius 2 is 1.85 bits per heavy atom. The van der Waals surface area contributed by atoms with Gasteiger partial charge in [-0.15, -0.1) is 0 Å². The van der Waals surface area contributed by atoms with E-state index in [1.54, 1.807) is 30.2 Å². The third-order valence-corrected chi connectivity index (χ3v) is 4.41. The predicted octanol–water partition coefficient (Wildman–Crippen LogP) is 2.63. The smallest absolute Gasteiger partial charge is 0.319 e. The van der Waals surface area contributed by atoms with Crippen molar-refractivity contribution in [3.8, 4) is 11.5 Å². The molecule has 2 N–H and O–H groups in total. The Morgan fingerprint density at radius 3 is 2.56 bits per heavy atom. The van der Waals surface area contributed by atoms with Gasteiger partial charge in [-0.2, -0.15) is 0 Å². The lowest BCUT2D eigenvalue weighted by atomic mass is 10.2. The summed E-state index contributed by atoms with van der Waals surface area (Å²) >= 11 is 0. The molecule has 27 heavy (non-hydrogen) atoms. The van der Waals surface area contributed by atoms with Crippen molar-refractivity contribution in [3.63, 3.8) is 0 Å². The van der Waals surface area contributed by atoms with Gasteiger partial charge in [0.05, 0.1) is 20.3 Å². The summed E-state index contributed by atoms with van der Waals surface area (Å²) in [5.74, 6) is 1.15. The standard InChI is InChI=1S/C20H23N3O4/c1-26-17-9-8-15(10-18(17)27-2)21-20(25)22-16-11-19(24)23(13-16)12-14-6-4-3-5-7-14/h3-10,16H,11-13H2,1-2H3,(H2,21,22,25). The van der Waals surface area contributed by atoms with Gasteiger partial charge in [-0.25, -0.2) is 4.79 Å². The minimum absolute atomic E-state index is 0.0373. The van der Waals surface area contributed by atoms with Gasteiger partial charge >= 0.3 is 6.03 Å². The first kappa shape index (κ1) is 18.6. The van der Waals surface area contributed by atoms with Crippen LogP contribution in [0.5, 0.6) is 11.5 Å². The van der Waals surface area contributed by atoms with Crippen LogP contribution in [0.15, 0.2) is 48.5 Å². The van der Waals surface area contributed by atoms with Gasteiger partial charge in [0.2, 0.25) is 5.91 Å². The Bertz CT molecular complexity index is 810. The number of hydrogen-bond acceptors (Lipinski definition) is 4. The summed E-state index contributed by atoms with van der Waals surface area (Å²) in [6.07, 6.45) is 0.298. The number of anilines is 1. The lowest BCUT2D eigenvalue weighted by Crippen LogP contribution is -2.39. The van der Waals surface area contributed by atoms with Gasteiger partial charge in [-0.05, 0) is 17.7 Å². The van der Waals surface area contributed by atoms with Gasteiger partial charge in [-0.3, -0.25) is 4.79 Å². The number of benzene rings is 2. The maximum Gasteiger partial charge on any atom is 0.319 e. The van der Waals surface area contributed by atoms with Crippen molar-refractivity contribution in [2.75, 3.05) is 26.1 Å². The van der Waals surface area contributed by atoms with Crippen molar-refractivity contribution in [1.82, 2.24) is 10.2 Å². The molecule has 142 valence electrons. The zero-order valence-corrected chi connectivity index (χ0v) is 15.4. The molecule has 1 aliphatic heterocycles. The molecule has 7 heteroatoms. The average molecular weight is 369 g/mol. The number of urea groups is 1. The molecule has 0 saturated carbocycles. The number of carbonyl (C=O) groups is 2. The molecule has 0 aliphatic carbocycles. The third-order valence-electron chi connectivity index (χ3n) is 4.41. The largest absolute Gasteiger partial charge is 0.493 e. The lowest BCUT2D eigenvalue weighted by molar-refractivity contribution is -0.128. The van der Waals surface area contributed by atoms with Crippen LogP contribution in [0.1, 0.15) is 12.0 Å². The van der Waals surface area contributed by atoms with Crippen molar-refractivity contribution in [2.45, 2.75) is 19.0 Å². The lowest BCUT2D eigenvalue weighted by Gasteiger charge is -2.17. The van der Waals surface area contributed by atoms with E-state index in [0.29, 0.717) is 36.7 Å². The predicted molar refractivity (Wildman–Crippen MR) is 102 cm³/mol. The highest BCUT2D eigenvalue weighted by Crippen LogP contribution is 2.29. The number of nitrogens with one attached hydrogen (secondary N) is 2. The molecular weight excluding hydrogens is 346 g/mol. The Balaban J connectivity index is 1.55. The fourth-order valence-corrected chi connectivity index (χ4v) is 3.09. The molecule has 1 saturated heterocycles. The highest BCUT2D eigenvalue weighted by atomic mass is 16.5. The van der Waals surface area contributed by atoms with Gasteiger partial charge in [0.15, 0.2) is 11.5 Å². The fraction of sp³-hybridized carbons (Fsp3) is 0.300. The topological polar surface area (TPSA) is 79.9 Å². The summed E-state index contributed by atoms with van der Waals surface area (Å²) in [5.41, 5.74) is 1.65. The minimum atomic E-state index is -0.360. The molecule has 0 aromatic heterocycles. The average Bonchev–Trinajstić information content (AvgIpc) is 3.01. The van der Waals surface area contributed by atoms with E-state index in [9.17, 15) is 9.59 Å². The van der Waals surface area contributed by atoms with E-state index in [-0.39, 0.29) is 18.0 Å². The molecule has 0 radical (unpaired) electrons. The van der Waals surface area contributed by atoms with Crippen LogP contribution in [0, 0.1) is 0 Å². The van der Waals surface area contributed by atoms with Gasteiger partial charge in [0.25, 0.3) is 0 Å². The van der Waals surface area contributed by atoms with Crippen LogP contribution in [0.25, 0.3) is 0 Å². The van der Waals surface area contributed by atoms with Crippen LogP contribution in [-0.2, 0) is 11.3 Å². The zero-order chi connectivity index (χ0) is 19.2. The SMILES string of the molecule is COc1ccc(NC(=O)NC2CC(=O)N(Cc3ccccc3)C2)cc1OC. The first-order valence-electron chi connectivity index (χ1n) is 8.70. The fourth-order valence-electron chi connectivity index (χ4n) is 3.09. The van der Waals surface area contributed by atoms with Crippen LogP contribution in [0.3, 0.4) is 0 Å². The number of likely N-dealkylation sites (tertiary alicyclic amines) is 1. The second-order valence-electron chi connectivity index (χ2n) is 6.33. The van der Waals surface area contributed by atoms with E-state index >= 15 is 0 Å². The van der Waals surface area contributed by atoms with Crippen LogP contribution in [0.2, 0.25) is 0 Å². The van der Waals surface area contributed by atoms with E-state index in [1.165, 1.54) is 7.11 Å². The van der Waals surface area contributed by atoms with Crippen molar-refractivity contribution < 1.29 is 19.1 Å². The quantitative estimate of drug-likeness (QED) is 0.820. The summed E-state index contributed by atoms with van der Waals surface area (Å²) in [5, 5.41) is 5.61. The van der Waals surface area contributed by atoms with E-state index in [4.69, 9.17) is 9.47 Å². The molecule has 2 aromatic rings. The molecule has 1 atom stereocenters. The van der Waals surface area contributed by atoms with Gasteiger partial charge < -0.3 is 25.0 Å². The Kier molecular flexibility index (Phi) is 5.80. The van der Waals surface area contributed by atoms with Gasteiger partial charge in [0, 0.05) is 31.3 Å². The number of ether oxygens (including phenoxy) is 2. The Labute approximate surface area is 158 Å². The van der Waals surface area contributed by atoms with E-state index in [1.807, 2.05) is 30.3 Å². The van der Waals surface area contributed by atoms with Crippen molar-refractivity contribution >= 4 is 17.6 Å². The number of rotatable bonds is 6. The molecule has 1 aliphatic rings. The van der Waals surface area contributed by atoms with Crippen molar-refractivity contribution in [3.05, 3.63) is 54.1 Å². The highest BCUT2D eigenvalue weighted by Gasteiger charge is 2.30. The second kappa shape index (κ2) is 8.44. The van der Waals surface area contributed by atoms with Crippen molar-refractivity contribution in [1.29, 1.82) is 0 Å². The molecule has 1 heterocycles. The summed E-state index contributed by atoms with van der Waals surface area (Å²) < 4.78 is 10.4. The molecule has 1 fully saturated rings. The monoisotopic (exact) mass is 369 g/mol. The first-order chi connectivity index (χ1) is 13.1. The van der Waals surface area contributed by atoms with Crippen molar-refractivity contribution in [2.24, 2.45) is 0 Å². The van der Waals surface area contributed by atoms with Crippen LogP contribution in [0.4, 0.5) is 10.5 Å². The number of nitrogens with zero attached hydrogens (tertiary/aromatic N) is 1. The van der Waals surface area contributed by atoms with Crippen LogP contribution >= 0.6 is 0 Å². The maximum absolute atomic E-state index is 12.3. The molecule has 3 amide bonds. The van der Waals surface area contributed by atoms with E-state index < -0.39 is 0 Å². The maximum atomic E-state index is 12.3. The number of carbonyl (C=O) groups excluding carboxylic acids is 2. The highest BCUT2D eigenvalue weighted by molar-refractivity contribution is 5.90. The second-order valence-corrected chi connectivity index (χ2v) is 6.33. The molecule has 0 spiro atoms. The summed E-state index contributed by atoms with van der Waals surface area (Å²) in [6, 6.07) is 14.3. The molecule has 7 nitrogen and oxygen atoms in total. The van der Waals surface area contributed by atoms with Gasteiger partial charge in [-0.1, -0.05) is 30.3 Å². The van der Waals surface area contributed by atoms with E-state index in [0.717, 1.165) is 5.56 Å². The number of methoxy groups -OCH3 is 2. The summed E-state index contributed by atoms with van der Waals surface area (Å²) in [7, 11) is 3.09. The first-order valence-corrected chi connectivity index (χ1v) is 8.70. The molecule has 3 rings (SSSR count). The zero-order valence-electron chi connectivity index (χ0n) is 15.4. The minimum Gasteiger partial charge on any atom is -0.493 e. The Hall–Kier alpha value is -3.22. The third kappa shape index (κ3) is 4.69. The summed E-state index contributed by atoms with van der Waals surface area (Å²) in [4.78, 5) is 26.2. The van der Waals surface area contributed by atoms with Crippen LogP contribution in [-0.4, -0.2) is 43.6 Å². The molecule has 2 aromatic carbocycles. The van der Waals surface area contributed by atoms with Crippen LogP contribution < -0.4 is 20.1 Å². The molecule has 1 unspecified atom stereocenters. The normalized spacial score (nSPS) is 16.1. The molecular formula is C20H23N3O4. The number of amides is 3. The summed E-state index contributed by atoms with van der Waals surface area (Å²) in [6.45, 7) is 1.04. The number of hydrogen-bond donors (Lipinski definition) is 2. The Morgan fingerprint density at radius 1 is 1.11 bits per heavy atom.